The molecule has 0 unspecified atom stereocenters. The van der Waals surface area contributed by atoms with Crippen molar-refractivity contribution in [2.75, 3.05) is 6.61 Å². The average molecular weight is 333 g/mol. The van der Waals surface area contributed by atoms with Gasteiger partial charge in [-0.2, -0.15) is 0 Å². The minimum absolute atomic E-state index is 0.0684. The molecule has 8 heteroatoms. The Labute approximate surface area is 128 Å². The van der Waals surface area contributed by atoms with Gasteiger partial charge in [-0.25, -0.2) is 13.4 Å². The molecule has 1 fully saturated rings. The van der Waals surface area contributed by atoms with Crippen molar-refractivity contribution in [3.8, 4) is 0 Å². The van der Waals surface area contributed by atoms with Gasteiger partial charge in [0.1, 0.15) is 5.15 Å². The number of nitrogens with zero attached hydrogens (tertiary/aromatic N) is 1. The van der Waals surface area contributed by atoms with Gasteiger partial charge in [-0.15, -0.1) is 0 Å². The maximum Gasteiger partial charge on any atom is 0.239 e. The van der Waals surface area contributed by atoms with Crippen LogP contribution in [-0.4, -0.2) is 32.0 Å². The van der Waals surface area contributed by atoms with Crippen molar-refractivity contribution in [3.05, 3.63) is 29.0 Å². The third kappa shape index (κ3) is 5.61. The third-order valence-electron chi connectivity index (χ3n) is 3.13. The van der Waals surface area contributed by atoms with Crippen LogP contribution in [0.2, 0.25) is 5.15 Å². The molecule has 1 aromatic rings. The largest absolute Gasteiger partial charge is 0.378 e. The van der Waals surface area contributed by atoms with Gasteiger partial charge in [0, 0.05) is 19.2 Å². The first-order chi connectivity index (χ1) is 9.94. The molecule has 0 bridgehead atoms. The van der Waals surface area contributed by atoms with Crippen LogP contribution < -0.4 is 4.72 Å². The number of ether oxygens (including phenoxy) is 1. The lowest BCUT2D eigenvalue weighted by atomic mass is 10.1. The van der Waals surface area contributed by atoms with E-state index in [2.05, 4.69) is 9.71 Å². The summed E-state index contributed by atoms with van der Waals surface area (Å²) in [5.74, 6) is -0.810. The smallest absolute Gasteiger partial charge is 0.239 e. The van der Waals surface area contributed by atoms with E-state index in [9.17, 15) is 13.2 Å². The number of halogens is 1. The van der Waals surface area contributed by atoms with Gasteiger partial charge in [-0.3, -0.25) is 9.52 Å². The van der Waals surface area contributed by atoms with Crippen molar-refractivity contribution < 1.29 is 17.9 Å². The van der Waals surface area contributed by atoms with Gasteiger partial charge >= 0.3 is 0 Å². The summed E-state index contributed by atoms with van der Waals surface area (Å²) in [6, 6.07) is 3.07. The number of sulfonamides is 1. The van der Waals surface area contributed by atoms with Gasteiger partial charge < -0.3 is 4.74 Å². The normalized spacial score (nSPS) is 18.6. The summed E-state index contributed by atoms with van der Waals surface area (Å²) < 4.78 is 31.2. The molecule has 2 rings (SSSR count). The predicted molar refractivity (Wildman–Crippen MR) is 78.2 cm³/mol. The summed E-state index contributed by atoms with van der Waals surface area (Å²) >= 11 is 5.63. The van der Waals surface area contributed by atoms with Crippen molar-refractivity contribution in [3.63, 3.8) is 0 Å². The highest BCUT2D eigenvalue weighted by atomic mass is 35.5. The fourth-order valence-electron chi connectivity index (χ4n) is 2.14. The average Bonchev–Trinajstić information content (AvgIpc) is 2.91. The molecular formula is C13H17ClN2O4S. The molecule has 1 saturated heterocycles. The first-order valence-electron chi connectivity index (χ1n) is 6.70. The van der Waals surface area contributed by atoms with Gasteiger partial charge in [0.05, 0.1) is 11.9 Å². The lowest BCUT2D eigenvalue weighted by Crippen LogP contribution is -2.32. The molecule has 1 N–H and O–H groups in total. The van der Waals surface area contributed by atoms with Crippen LogP contribution in [0.4, 0.5) is 0 Å². The lowest BCUT2D eigenvalue weighted by Gasteiger charge is -2.10. The highest BCUT2D eigenvalue weighted by Gasteiger charge is 2.19. The summed E-state index contributed by atoms with van der Waals surface area (Å²) in [6.07, 6.45) is 4.05. The Morgan fingerprint density at radius 2 is 2.29 bits per heavy atom. The highest BCUT2D eigenvalue weighted by Crippen LogP contribution is 2.16. The van der Waals surface area contributed by atoms with Crippen LogP contribution in [0.15, 0.2) is 18.3 Å². The van der Waals surface area contributed by atoms with Crippen molar-refractivity contribution >= 4 is 27.5 Å². The summed E-state index contributed by atoms with van der Waals surface area (Å²) in [5, 5.41) is 0.289. The third-order valence-corrected chi connectivity index (χ3v) is 4.61. The zero-order chi connectivity index (χ0) is 15.3. The zero-order valence-electron chi connectivity index (χ0n) is 11.4. The number of nitrogens with one attached hydrogen (secondary N) is 1. The molecule has 1 aliphatic rings. The van der Waals surface area contributed by atoms with Crippen LogP contribution in [0.3, 0.4) is 0 Å². The topological polar surface area (TPSA) is 85.4 Å². The fraction of sp³-hybridized carbons (Fsp3) is 0.538. The number of hydrogen-bond donors (Lipinski definition) is 1. The fourth-order valence-corrected chi connectivity index (χ4v) is 3.38. The molecule has 116 valence electrons. The molecule has 0 spiro atoms. The maximum absolute atomic E-state index is 11.9. The predicted octanol–water partition coefficient (Wildman–Crippen LogP) is 1.64. The first kappa shape index (κ1) is 16.2. The standard InChI is InChI=1S/C13H17ClN2O4S/c14-12-5-3-10(8-15-12)9-21(18,19)16-13(17)6-4-11-2-1-7-20-11/h3,5,8,11H,1-2,4,6-7,9H2,(H,16,17)/t11-/m1/s1. The number of pyridine rings is 1. The van der Waals surface area contributed by atoms with Crippen LogP contribution in [0.25, 0.3) is 0 Å². The van der Waals surface area contributed by atoms with Crippen LogP contribution in [0.5, 0.6) is 0 Å². The van der Waals surface area contributed by atoms with Crippen molar-refractivity contribution in [2.45, 2.75) is 37.5 Å². The molecule has 0 aliphatic carbocycles. The maximum atomic E-state index is 11.9. The number of rotatable bonds is 6. The summed E-state index contributed by atoms with van der Waals surface area (Å²) in [5.41, 5.74) is 0.471. The van der Waals surface area contributed by atoms with E-state index in [0.717, 1.165) is 12.8 Å². The van der Waals surface area contributed by atoms with E-state index < -0.39 is 15.9 Å². The Morgan fingerprint density at radius 3 is 2.90 bits per heavy atom. The van der Waals surface area contributed by atoms with Crippen molar-refractivity contribution in [1.82, 2.24) is 9.71 Å². The van der Waals surface area contributed by atoms with E-state index in [4.69, 9.17) is 16.3 Å². The van der Waals surface area contributed by atoms with Crippen LogP contribution >= 0.6 is 11.6 Å². The molecule has 1 amide bonds. The van der Waals surface area contributed by atoms with E-state index in [-0.39, 0.29) is 23.4 Å². The van der Waals surface area contributed by atoms with Gasteiger partial charge in [0.2, 0.25) is 15.9 Å². The Morgan fingerprint density at radius 1 is 1.48 bits per heavy atom. The van der Waals surface area contributed by atoms with E-state index in [1.807, 2.05) is 0 Å². The quantitative estimate of drug-likeness (QED) is 0.800. The number of hydrogen-bond acceptors (Lipinski definition) is 5. The second-order valence-electron chi connectivity index (χ2n) is 4.95. The monoisotopic (exact) mass is 332 g/mol. The van der Waals surface area contributed by atoms with E-state index >= 15 is 0 Å². The molecule has 0 aromatic carbocycles. The highest BCUT2D eigenvalue weighted by molar-refractivity contribution is 7.89. The molecule has 21 heavy (non-hydrogen) atoms. The zero-order valence-corrected chi connectivity index (χ0v) is 13.0. The van der Waals surface area contributed by atoms with E-state index in [0.29, 0.717) is 18.6 Å². The second kappa shape index (κ2) is 7.20. The van der Waals surface area contributed by atoms with Gasteiger partial charge in [0.15, 0.2) is 0 Å². The van der Waals surface area contributed by atoms with Gasteiger partial charge in [0.25, 0.3) is 0 Å². The summed E-state index contributed by atoms with van der Waals surface area (Å²) in [7, 11) is -3.72. The molecule has 1 atom stereocenters. The van der Waals surface area contributed by atoms with Gasteiger partial charge in [-0.05, 0) is 30.9 Å². The minimum atomic E-state index is -3.72. The van der Waals surface area contributed by atoms with Crippen molar-refractivity contribution in [1.29, 1.82) is 0 Å². The molecule has 2 heterocycles. The minimum Gasteiger partial charge on any atom is -0.378 e. The van der Waals surface area contributed by atoms with Crippen LogP contribution in [0, 0.1) is 0 Å². The molecule has 1 aromatic heterocycles. The number of aromatic nitrogens is 1. The van der Waals surface area contributed by atoms with E-state index in [1.165, 1.54) is 12.3 Å². The molecule has 1 aliphatic heterocycles. The van der Waals surface area contributed by atoms with Crippen molar-refractivity contribution in [2.24, 2.45) is 0 Å². The van der Waals surface area contributed by atoms with E-state index in [1.54, 1.807) is 6.07 Å². The SMILES string of the molecule is O=C(CC[C@H]1CCCO1)NS(=O)(=O)Cc1ccc(Cl)nc1. The Bertz CT molecular complexity index is 583. The van der Waals surface area contributed by atoms with Crippen LogP contribution in [0.1, 0.15) is 31.2 Å². The number of amides is 1. The second-order valence-corrected chi connectivity index (χ2v) is 7.06. The van der Waals surface area contributed by atoms with Crippen LogP contribution in [-0.2, 0) is 25.3 Å². The van der Waals surface area contributed by atoms with Gasteiger partial charge in [-0.1, -0.05) is 17.7 Å². The molecule has 6 nitrogen and oxygen atoms in total. The first-order valence-corrected chi connectivity index (χ1v) is 8.73. The molecule has 0 saturated carbocycles. The summed E-state index contributed by atoms with van der Waals surface area (Å²) in [4.78, 5) is 15.5. The molecular weight excluding hydrogens is 316 g/mol. The Hall–Kier alpha value is -1.18. The Balaban J connectivity index is 1.82. The number of carbonyl (C=O) groups excluding carboxylic acids is 1. The Kier molecular flexibility index (Phi) is 5.55. The summed E-state index contributed by atoms with van der Waals surface area (Å²) in [6.45, 7) is 0.716. The lowest BCUT2D eigenvalue weighted by molar-refractivity contribution is -0.119. The number of carbonyl (C=O) groups is 1. The molecule has 0 radical (unpaired) electrons.